The molecule has 0 bridgehead atoms. The Morgan fingerprint density at radius 3 is 3.00 bits per heavy atom. The second-order valence-corrected chi connectivity index (χ2v) is 3.50. The van der Waals surface area contributed by atoms with Crippen LogP contribution in [0.25, 0.3) is 10.9 Å². The molecular weight excluding hydrogens is 234 g/mol. The number of ether oxygens (including phenoxy) is 1. The second-order valence-electron chi connectivity index (χ2n) is 3.50. The molecule has 1 heterocycles. The number of aromatic nitrogens is 1. The fraction of sp³-hybridized carbons (Fsp3) is 0.167. The number of benzene rings is 1. The van der Waals surface area contributed by atoms with Crippen LogP contribution in [0.5, 0.6) is 5.75 Å². The standard InChI is InChI=1S/C12H9N3O3/c13-6-2-8-18-11-5-4-10(15(16)17)12-9(11)3-1-7-14-12/h1,3-5,7H,2,8H2. The molecule has 0 radical (unpaired) electrons. The maximum atomic E-state index is 10.9. The number of fused-ring (bicyclic) bond motifs is 1. The smallest absolute Gasteiger partial charge is 0.295 e. The number of hydrogen-bond donors (Lipinski definition) is 0. The predicted octanol–water partition coefficient (Wildman–Crippen LogP) is 2.44. The molecule has 0 spiro atoms. The molecule has 2 rings (SSSR count). The zero-order valence-corrected chi connectivity index (χ0v) is 9.37. The largest absolute Gasteiger partial charge is 0.492 e. The van der Waals surface area contributed by atoms with Crippen molar-refractivity contribution in [3.8, 4) is 11.8 Å². The van der Waals surface area contributed by atoms with Crippen LogP contribution in [0.4, 0.5) is 5.69 Å². The van der Waals surface area contributed by atoms with Crippen LogP contribution in [0.1, 0.15) is 6.42 Å². The van der Waals surface area contributed by atoms with Crippen LogP contribution in [-0.4, -0.2) is 16.5 Å². The summed E-state index contributed by atoms with van der Waals surface area (Å²) in [6.45, 7) is 0.248. The third-order valence-corrected chi connectivity index (χ3v) is 2.38. The van der Waals surface area contributed by atoms with Crippen molar-refractivity contribution in [1.29, 1.82) is 5.26 Å². The Morgan fingerprint density at radius 2 is 2.28 bits per heavy atom. The first-order chi connectivity index (χ1) is 8.74. The fourth-order valence-electron chi connectivity index (χ4n) is 1.61. The number of non-ortho nitro benzene ring substituents is 1. The maximum absolute atomic E-state index is 10.9. The molecule has 18 heavy (non-hydrogen) atoms. The zero-order valence-electron chi connectivity index (χ0n) is 9.37. The van der Waals surface area contributed by atoms with Gasteiger partial charge in [0.05, 0.1) is 17.4 Å². The third kappa shape index (κ3) is 2.20. The maximum Gasteiger partial charge on any atom is 0.295 e. The highest BCUT2D eigenvalue weighted by molar-refractivity contribution is 5.91. The Labute approximate surface area is 103 Å². The van der Waals surface area contributed by atoms with E-state index in [2.05, 4.69) is 4.98 Å². The molecule has 1 aromatic heterocycles. The number of nitro benzene ring substituents is 1. The Morgan fingerprint density at radius 1 is 1.44 bits per heavy atom. The molecule has 0 atom stereocenters. The van der Waals surface area contributed by atoms with Gasteiger partial charge >= 0.3 is 0 Å². The molecule has 0 amide bonds. The zero-order chi connectivity index (χ0) is 13.0. The van der Waals surface area contributed by atoms with Crippen LogP contribution < -0.4 is 4.74 Å². The van der Waals surface area contributed by atoms with Gasteiger partial charge in [0, 0.05) is 17.6 Å². The Kier molecular flexibility index (Phi) is 3.34. The molecule has 0 fully saturated rings. The van der Waals surface area contributed by atoms with Crippen molar-refractivity contribution in [2.75, 3.05) is 6.61 Å². The van der Waals surface area contributed by atoms with Gasteiger partial charge in [0.2, 0.25) is 0 Å². The summed E-state index contributed by atoms with van der Waals surface area (Å²) in [5.74, 6) is 0.499. The molecule has 0 saturated heterocycles. The van der Waals surface area contributed by atoms with Gasteiger partial charge in [-0.2, -0.15) is 5.26 Å². The highest BCUT2D eigenvalue weighted by Crippen LogP contribution is 2.31. The molecule has 6 heteroatoms. The SMILES string of the molecule is N#CCCOc1ccc([N+](=O)[O-])c2ncccc12. The van der Waals surface area contributed by atoms with E-state index >= 15 is 0 Å². The number of nitrogens with zero attached hydrogens (tertiary/aromatic N) is 3. The molecular formula is C12H9N3O3. The van der Waals surface area contributed by atoms with E-state index in [0.717, 1.165) is 0 Å². The van der Waals surface area contributed by atoms with Crippen LogP contribution in [0.2, 0.25) is 0 Å². The Bertz CT molecular complexity index is 634. The van der Waals surface area contributed by atoms with E-state index in [-0.39, 0.29) is 24.2 Å². The lowest BCUT2D eigenvalue weighted by Gasteiger charge is -2.07. The minimum atomic E-state index is -0.478. The van der Waals surface area contributed by atoms with Crippen molar-refractivity contribution in [2.45, 2.75) is 6.42 Å². The molecule has 0 unspecified atom stereocenters. The minimum absolute atomic E-state index is 0.0572. The lowest BCUT2D eigenvalue weighted by molar-refractivity contribution is -0.383. The normalized spacial score (nSPS) is 9.94. The van der Waals surface area contributed by atoms with Crippen LogP contribution >= 0.6 is 0 Å². The molecule has 1 aromatic carbocycles. The molecule has 0 aliphatic carbocycles. The van der Waals surface area contributed by atoms with Gasteiger partial charge in [-0.05, 0) is 18.2 Å². The monoisotopic (exact) mass is 243 g/mol. The van der Waals surface area contributed by atoms with E-state index < -0.39 is 4.92 Å². The Hall–Kier alpha value is -2.68. The van der Waals surface area contributed by atoms with E-state index in [0.29, 0.717) is 11.1 Å². The van der Waals surface area contributed by atoms with Crippen LogP contribution in [-0.2, 0) is 0 Å². The molecule has 0 aliphatic heterocycles. The summed E-state index contributed by atoms with van der Waals surface area (Å²) in [6, 6.07) is 8.24. The molecule has 0 aliphatic rings. The molecule has 2 aromatic rings. The molecule has 0 N–H and O–H groups in total. The van der Waals surface area contributed by atoms with Gasteiger partial charge in [-0.1, -0.05) is 0 Å². The quantitative estimate of drug-likeness (QED) is 0.467. The number of rotatable bonds is 4. The van der Waals surface area contributed by atoms with Crippen molar-refractivity contribution in [3.63, 3.8) is 0 Å². The van der Waals surface area contributed by atoms with E-state index in [4.69, 9.17) is 10.00 Å². The average Bonchev–Trinajstić information content (AvgIpc) is 2.38. The summed E-state index contributed by atoms with van der Waals surface area (Å²) < 4.78 is 5.41. The van der Waals surface area contributed by atoms with Gasteiger partial charge < -0.3 is 4.74 Å². The highest BCUT2D eigenvalue weighted by Gasteiger charge is 2.15. The van der Waals surface area contributed by atoms with Crippen molar-refractivity contribution < 1.29 is 9.66 Å². The first-order valence-corrected chi connectivity index (χ1v) is 5.26. The van der Waals surface area contributed by atoms with Gasteiger partial charge in [-0.3, -0.25) is 10.1 Å². The van der Waals surface area contributed by atoms with E-state index in [1.54, 1.807) is 12.1 Å². The Balaban J connectivity index is 2.48. The van der Waals surface area contributed by atoms with Crippen LogP contribution in [0.3, 0.4) is 0 Å². The number of hydrogen-bond acceptors (Lipinski definition) is 5. The van der Waals surface area contributed by atoms with E-state index in [9.17, 15) is 10.1 Å². The third-order valence-electron chi connectivity index (χ3n) is 2.38. The van der Waals surface area contributed by atoms with Crippen molar-refractivity contribution in [3.05, 3.63) is 40.6 Å². The van der Waals surface area contributed by atoms with E-state index in [1.807, 2.05) is 6.07 Å². The van der Waals surface area contributed by atoms with Gasteiger partial charge in [0.25, 0.3) is 5.69 Å². The summed E-state index contributed by atoms with van der Waals surface area (Å²) in [5.41, 5.74) is 0.232. The lowest BCUT2D eigenvalue weighted by atomic mass is 10.1. The summed E-state index contributed by atoms with van der Waals surface area (Å²) in [5, 5.41) is 19.9. The van der Waals surface area contributed by atoms with Gasteiger partial charge in [-0.15, -0.1) is 0 Å². The molecule has 90 valence electrons. The first-order valence-electron chi connectivity index (χ1n) is 5.26. The van der Waals surface area contributed by atoms with Crippen LogP contribution in [0, 0.1) is 21.4 Å². The van der Waals surface area contributed by atoms with Crippen molar-refractivity contribution in [1.82, 2.24) is 4.98 Å². The van der Waals surface area contributed by atoms with Crippen LogP contribution in [0.15, 0.2) is 30.5 Å². The summed E-state index contributed by atoms with van der Waals surface area (Å²) in [7, 11) is 0. The molecule has 6 nitrogen and oxygen atoms in total. The topological polar surface area (TPSA) is 89.0 Å². The van der Waals surface area contributed by atoms with Gasteiger partial charge in [-0.25, -0.2) is 4.98 Å². The number of pyridine rings is 1. The summed E-state index contributed by atoms with van der Waals surface area (Å²) >= 11 is 0. The average molecular weight is 243 g/mol. The number of nitro groups is 1. The lowest BCUT2D eigenvalue weighted by Crippen LogP contribution is -1.98. The molecule has 0 saturated carbocycles. The fourth-order valence-corrected chi connectivity index (χ4v) is 1.61. The van der Waals surface area contributed by atoms with Gasteiger partial charge in [0.1, 0.15) is 12.4 Å². The van der Waals surface area contributed by atoms with Gasteiger partial charge in [0.15, 0.2) is 5.52 Å². The first kappa shape index (κ1) is 11.8. The summed E-state index contributed by atoms with van der Waals surface area (Å²) in [4.78, 5) is 14.4. The minimum Gasteiger partial charge on any atom is -0.492 e. The van der Waals surface area contributed by atoms with Crippen molar-refractivity contribution >= 4 is 16.6 Å². The highest BCUT2D eigenvalue weighted by atomic mass is 16.6. The summed E-state index contributed by atoms with van der Waals surface area (Å²) in [6.07, 6.45) is 1.76. The second kappa shape index (κ2) is 5.10. The predicted molar refractivity (Wildman–Crippen MR) is 64.1 cm³/mol. The van der Waals surface area contributed by atoms with E-state index in [1.165, 1.54) is 18.3 Å². The van der Waals surface area contributed by atoms with Crippen molar-refractivity contribution in [2.24, 2.45) is 0 Å². The number of nitriles is 1.